The zero-order chi connectivity index (χ0) is 8.39. The van der Waals surface area contributed by atoms with Crippen molar-refractivity contribution in [3.63, 3.8) is 0 Å². The second kappa shape index (κ2) is 3.16. The summed E-state index contributed by atoms with van der Waals surface area (Å²) in [5.74, 6) is 0. The molecule has 0 amide bonds. The Morgan fingerprint density at radius 3 is 2.92 bits per heavy atom. The van der Waals surface area contributed by atoms with Gasteiger partial charge in [-0.15, -0.1) is 22.7 Å². The van der Waals surface area contributed by atoms with Gasteiger partial charge in [0.1, 0.15) is 0 Å². The van der Waals surface area contributed by atoms with E-state index in [0.717, 1.165) is 11.2 Å². The van der Waals surface area contributed by atoms with E-state index in [-0.39, 0.29) is 0 Å². The fourth-order valence-electron chi connectivity index (χ4n) is 0.875. The van der Waals surface area contributed by atoms with Crippen molar-refractivity contribution in [2.24, 2.45) is 0 Å². The van der Waals surface area contributed by atoms with Crippen molar-refractivity contribution >= 4 is 29.0 Å². The molecule has 0 aliphatic carbocycles. The molecule has 0 aliphatic rings. The van der Waals surface area contributed by atoms with Gasteiger partial charge >= 0.3 is 0 Å². The zero-order valence-electron chi connectivity index (χ0n) is 6.06. The maximum atomic E-state index is 10.3. The predicted molar refractivity (Wildman–Crippen MR) is 50.8 cm³/mol. The second-order valence-electron chi connectivity index (χ2n) is 2.16. The number of aromatic nitrogens is 1. The maximum Gasteiger partial charge on any atom is 0.178 e. The molecular formula is C8H5NOS2. The van der Waals surface area contributed by atoms with Gasteiger partial charge in [-0.05, 0) is 11.4 Å². The van der Waals surface area contributed by atoms with Crippen LogP contribution in [0.1, 0.15) is 9.80 Å². The first-order valence-electron chi connectivity index (χ1n) is 3.35. The van der Waals surface area contributed by atoms with Crippen molar-refractivity contribution in [3.8, 4) is 9.75 Å². The molecule has 0 aliphatic heterocycles. The molecule has 60 valence electrons. The molecule has 2 aromatic rings. The minimum atomic E-state index is 0.540. The number of hydrogen-bond donors (Lipinski definition) is 0. The number of hydrogen-bond acceptors (Lipinski definition) is 4. The van der Waals surface area contributed by atoms with E-state index in [0.29, 0.717) is 5.01 Å². The third kappa shape index (κ3) is 1.31. The lowest BCUT2D eigenvalue weighted by Gasteiger charge is -1.84. The molecular weight excluding hydrogens is 190 g/mol. The van der Waals surface area contributed by atoms with Crippen molar-refractivity contribution in [3.05, 3.63) is 28.7 Å². The van der Waals surface area contributed by atoms with Gasteiger partial charge in [-0.2, -0.15) is 0 Å². The Morgan fingerprint density at radius 2 is 2.33 bits per heavy atom. The average molecular weight is 195 g/mol. The topological polar surface area (TPSA) is 30.0 Å². The van der Waals surface area contributed by atoms with Crippen LogP contribution in [0, 0.1) is 0 Å². The molecule has 0 aromatic carbocycles. The summed E-state index contributed by atoms with van der Waals surface area (Å²) in [6.45, 7) is 0. The predicted octanol–water partition coefficient (Wildman–Crippen LogP) is 2.68. The zero-order valence-corrected chi connectivity index (χ0v) is 7.69. The van der Waals surface area contributed by atoms with Crippen LogP contribution in [-0.4, -0.2) is 11.3 Å². The minimum absolute atomic E-state index is 0.540. The SMILES string of the molecule is O=Cc1ncc(-c2cccs2)s1. The normalized spacial score (nSPS) is 10.0. The van der Waals surface area contributed by atoms with Gasteiger partial charge in [-0.1, -0.05) is 6.07 Å². The number of aldehydes is 1. The number of thiophene rings is 1. The molecule has 2 rings (SSSR count). The highest BCUT2D eigenvalue weighted by Gasteiger charge is 2.03. The fourth-order valence-corrected chi connectivity index (χ4v) is 2.43. The summed E-state index contributed by atoms with van der Waals surface area (Å²) in [7, 11) is 0. The molecule has 2 heterocycles. The Balaban J connectivity index is 2.41. The lowest BCUT2D eigenvalue weighted by molar-refractivity contribution is 0.112. The summed E-state index contributed by atoms with van der Waals surface area (Å²) in [5, 5.41) is 2.55. The number of thiazole rings is 1. The van der Waals surface area contributed by atoms with Crippen LogP contribution in [0.3, 0.4) is 0 Å². The lowest BCUT2D eigenvalue weighted by atomic mass is 10.4. The van der Waals surface area contributed by atoms with Gasteiger partial charge in [0, 0.05) is 11.1 Å². The van der Waals surface area contributed by atoms with Crippen LogP contribution >= 0.6 is 22.7 Å². The first-order valence-corrected chi connectivity index (χ1v) is 5.04. The maximum absolute atomic E-state index is 10.3. The number of nitrogens with zero attached hydrogens (tertiary/aromatic N) is 1. The smallest absolute Gasteiger partial charge is 0.178 e. The van der Waals surface area contributed by atoms with Crippen molar-refractivity contribution in [2.75, 3.05) is 0 Å². The molecule has 0 bridgehead atoms. The van der Waals surface area contributed by atoms with E-state index in [9.17, 15) is 4.79 Å². The van der Waals surface area contributed by atoms with E-state index in [4.69, 9.17) is 0 Å². The molecule has 4 heteroatoms. The van der Waals surface area contributed by atoms with Gasteiger partial charge in [-0.25, -0.2) is 4.98 Å². The lowest BCUT2D eigenvalue weighted by Crippen LogP contribution is -1.69. The first-order chi connectivity index (χ1) is 5.90. The molecule has 2 aromatic heterocycles. The molecule has 2 nitrogen and oxygen atoms in total. The Kier molecular flexibility index (Phi) is 2.01. The van der Waals surface area contributed by atoms with Crippen LogP contribution in [0.2, 0.25) is 0 Å². The highest BCUT2D eigenvalue weighted by Crippen LogP contribution is 2.28. The molecule has 0 radical (unpaired) electrons. The van der Waals surface area contributed by atoms with Crippen LogP contribution in [0.15, 0.2) is 23.7 Å². The van der Waals surface area contributed by atoms with Gasteiger partial charge in [0.15, 0.2) is 11.3 Å². The van der Waals surface area contributed by atoms with Crippen LogP contribution in [0.25, 0.3) is 9.75 Å². The molecule has 0 saturated carbocycles. The summed E-state index contributed by atoms with van der Waals surface area (Å²) in [6.07, 6.45) is 2.52. The van der Waals surface area contributed by atoms with Gasteiger partial charge in [0.05, 0.1) is 4.88 Å². The summed E-state index contributed by atoms with van der Waals surface area (Å²) >= 11 is 3.08. The molecule has 12 heavy (non-hydrogen) atoms. The molecule has 0 fully saturated rings. The van der Waals surface area contributed by atoms with E-state index in [2.05, 4.69) is 4.98 Å². The van der Waals surface area contributed by atoms with Gasteiger partial charge < -0.3 is 0 Å². The van der Waals surface area contributed by atoms with Crippen molar-refractivity contribution in [1.82, 2.24) is 4.98 Å². The summed E-state index contributed by atoms with van der Waals surface area (Å²) in [5.41, 5.74) is 0. The van der Waals surface area contributed by atoms with Crippen LogP contribution in [-0.2, 0) is 0 Å². The van der Waals surface area contributed by atoms with E-state index in [1.54, 1.807) is 17.5 Å². The Hall–Kier alpha value is -1.00. The Bertz CT molecular complexity index is 377. The number of rotatable bonds is 2. The largest absolute Gasteiger partial charge is 0.295 e. The fraction of sp³-hybridized carbons (Fsp3) is 0. The molecule has 0 unspecified atom stereocenters. The van der Waals surface area contributed by atoms with E-state index >= 15 is 0 Å². The third-order valence-electron chi connectivity index (χ3n) is 1.39. The number of carbonyl (C=O) groups is 1. The van der Waals surface area contributed by atoms with E-state index in [1.165, 1.54) is 16.2 Å². The second-order valence-corrected chi connectivity index (χ2v) is 4.17. The van der Waals surface area contributed by atoms with Crippen molar-refractivity contribution < 1.29 is 4.79 Å². The third-order valence-corrected chi connectivity index (χ3v) is 3.38. The Morgan fingerprint density at radius 1 is 1.42 bits per heavy atom. The quantitative estimate of drug-likeness (QED) is 0.689. The Labute approximate surface area is 77.5 Å². The van der Waals surface area contributed by atoms with Crippen LogP contribution in [0.4, 0.5) is 0 Å². The number of carbonyl (C=O) groups excluding carboxylic acids is 1. The summed E-state index contributed by atoms with van der Waals surface area (Å²) < 4.78 is 0. The van der Waals surface area contributed by atoms with Crippen molar-refractivity contribution in [2.45, 2.75) is 0 Å². The van der Waals surface area contributed by atoms with E-state index in [1.807, 2.05) is 17.5 Å². The van der Waals surface area contributed by atoms with Crippen LogP contribution in [0.5, 0.6) is 0 Å². The standard InChI is InChI=1S/C8H5NOS2/c10-5-8-9-4-7(12-8)6-2-1-3-11-6/h1-5H. The highest BCUT2D eigenvalue weighted by atomic mass is 32.1. The van der Waals surface area contributed by atoms with Gasteiger partial charge in [0.2, 0.25) is 0 Å². The van der Waals surface area contributed by atoms with Crippen LogP contribution < -0.4 is 0 Å². The van der Waals surface area contributed by atoms with Gasteiger partial charge in [-0.3, -0.25) is 4.79 Å². The minimum Gasteiger partial charge on any atom is -0.295 e. The average Bonchev–Trinajstić information content (AvgIpc) is 2.75. The van der Waals surface area contributed by atoms with E-state index < -0.39 is 0 Å². The van der Waals surface area contributed by atoms with Crippen molar-refractivity contribution in [1.29, 1.82) is 0 Å². The summed E-state index contributed by atoms with van der Waals surface area (Å²) in [4.78, 5) is 16.5. The first kappa shape index (κ1) is 7.64. The highest BCUT2D eigenvalue weighted by molar-refractivity contribution is 7.21. The molecule has 0 N–H and O–H groups in total. The van der Waals surface area contributed by atoms with Gasteiger partial charge in [0.25, 0.3) is 0 Å². The molecule has 0 atom stereocenters. The molecule has 0 saturated heterocycles. The monoisotopic (exact) mass is 195 g/mol. The summed E-state index contributed by atoms with van der Waals surface area (Å²) in [6, 6.07) is 4.01. The molecule has 0 spiro atoms.